The van der Waals surface area contributed by atoms with Gasteiger partial charge in [0.2, 0.25) is 5.91 Å². The molecule has 0 radical (unpaired) electrons. The predicted octanol–water partition coefficient (Wildman–Crippen LogP) is 2.65. The number of hydrogen-bond donors (Lipinski definition) is 1. The summed E-state index contributed by atoms with van der Waals surface area (Å²) < 4.78 is 54.7. The normalized spacial score (nSPS) is 19.3. The first-order chi connectivity index (χ1) is 18.0. The van der Waals surface area contributed by atoms with E-state index in [4.69, 9.17) is 5.26 Å². The molecule has 0 aromatic heterocycles. The van der Waals surface area contributed by atoms with Crippen LogP contribution in [0.25, 0.3) is 0 Å². The first-order valence-corrected chi connectivity index (χ1v) is 11.3. The highest BCUT2D eigenvalue weighted by atomic mass is 19.4. The van der Waals surface area contributed by atoms with Crippen LogP contribution in [0.1, 0.15) is 16.7 Å². The molecule has 14 heteroatoms. The number of likely N-dealkylation sites (tertiary alicyclic amines) is 1. The number of alkyl halides is 3. The summed E-state index contributed by atoms with van der Waals surface area (Å²) in [6.45, 7) is -0.975. The van der Waals surface area contributed by atoms with Crippen molar-refractivity contribution >= 4 is 23.5 Å². The molecule has 10 nitrogen and oxygen atoms in total. The minimum atomic E-state index is -4.69. The summed E-state index contributed by atoms with van der Waals surface area (Å²) in [6.07, 6.45) is -4.69. The molecule has 2 aromatic carbocycles. The molecule has 0 atom stereocenters. The summed E-state index contributed by atoms with van der Waals surface area (Å²) in [5.41, 5.74) is -3.99. The Morgan fingerprint density at radius 2 is 1.79 bits per heavy atom. The number of benzene rings is 2. The standard InChI is InChI=1S/C24H19F4N7O3/c1-30-21(38)33-12-22(13-33)20(37)34(18-7-4-15(9-29)8-17(18)25)11-19(36)35(22)10-14-2-5-16(6-3-14)23(31-32-23)24(26,27)28/h2-8H,10-13H2,1H3,(H,30,38). The fourth-order valence-corrected chi connectivity index (χ4v) is 4.79. The molecule has 38 heavy (non-hydrogen) atoms. The molecule has 0 unspecified atom stereocenters. The SMILES string of the molecule is CNC(=O)N1CC2(C1)C(=O)N(c1ccc(C#N)cc1F)CC(=O)N2Cc1ccc(C2(C(F)(F)F)N=N2)cc1. The molecule has 3 aliphatic heterocycles. The van der Waals surface area contributed by atoms with Crippen molar-refractivity contribution < 1.29 is 31.9 Å². The van der Waals surface area contributed by atoms with Gasteiger partial charge in [-0.15, -0.1) is 10.2 Å². The van der Waals surface area contributed by atoms with Gasteiger partial charge in [-0.2, -0.15) is 18.4 Å². The number of halogens is 4. The van der Waals surface area contributed by atoms with Crippen LogP contribution in [0.2, 0.25) is 0 Å². The Balaban J connectivity index is 1.44. The van der Waals surface area contributed by atoms with Gasteiger partial charge < -0.3 is 15.1 Å². The van der Waals surface area contributed by atoms with Gasteiger partial charge in [0.05, 0.1) is 30.4 Å². The van der Waals surface area contributed by atoms with Crippen LogP contribution in [-0.4, -0.2) is 66.0 Å². The van der Waals surface area contributed by atoms with Gasteiger partial charge in [0.1, 0.15) is 12.4 Å². The Labute approximate surface area is 213 Å². The van der Waals surface area contributed by atoms with Crippen LogP contribution in [0, 0.1) is 17.1 Å². The third-order valence-corrected chi connectivity index (χ3v) is 6.92. The highest BCUT2D eigenvalue weighted by Crippen LogP contribution is 2.52. The Morgan fingerprint density at radius 3 is 2.32 bits per heavy atom. The van der Waals surface area contributed by atoms with E-state index in [1.54, 1.807) is 6.07 Å². The molecule has 2 aromatic rings. The number of carbonyl (C=O) groups excluding carboxylic acids is 3. The van der Waals surface area contributed by atoms with Crippen molar-refractivity contribution in [3.63, 3.8) is 0 Å². The summed E-state index contributed by atoms with van der Waals surface area (Å²) >= 11 is 0. The van der Waals surface area contributed by atoms with Crippen LogP contribution < -0.4 is 10.2 Å². The Bertz CT molecular complexity index is 1410. The van der Waals surface area contributed by atoms with Crippen LogP contribution in [0.4, 0.5) is 28.0 Å². The highest BCUT2D eigenvalue weighted by Gasteiger charge is 2.65. The number of nitriles is 1. The van der Waals surface area contributed by atoms with E-state index in [2.05, 4.69) is 15.5 Å². The molecule has 1 spiro atoms. The lowest BCUT2D eigenvalue weighted by Crippen LogP contribution is -2.81. The molecule has 4 amide bonds. The smallest absolute Gasteiger partial charge is 0.341 e. The van der Waals surface area contributed by atoms with E-state index >= 15 is 0 Å². The van der Waals surface area contributed by atoms with Crippen molar-refractivity contribution in [3.05, 3.63) is 65.0 Å². The zero-order chi connectivity index (χ0) is 27.5. The number of carbonyl (C=O) groups is 3. The van der Waals surface area contributed by atoms with E-state index in [1.165, 1.54) is 53.2 Å². The van der Waals surface area contributed by atoms with E-state index in [-0.39, 0.29) is 36.4 Å². The van der Waals surface area contributed by atoms with Gasteiger partial charge >= 0.3 is 17.9 Å². The van der Waals surface area contributed by atoms with Crippen molar-refractivity contribution in [1.29, 1.82) is 5.26 Å². The third kappa shape index (κ3) is 3.73. The number of hydrogen-bond acceptors (Lipinski definition) is 6. The molecule has 196 valence electrons. The van der Waals surface area contributed by atoms with Crippen molar-refractivity contribution in [2.24, 2.45) is 10.2 Å². The Hall–Kier alpha value is -4.54. The van der Waals surface area contributed by atoms with Crippen molar-refractivity contribution in [1.82, 2.24) is 15.1 Å². The summed E-state index contributed by atoms with van der Waals surface area (Å²) in [5.74, 6) is -2.03. The molecule has 2 saturated heterocycles. The zero-order valence-electron chi connectivity index (χ0n) is 19.8. The molecule has 0 bridgehead atoms. The van der Waals surface area contributed by atoms with Crippen LogP contribution >= 0.6 is 0 Å². The van der Waals surface area contributed by atoms with Crippen molar-refractivity contribution in [2.75, 3.05) is 31.6 Å². The van der Waals surface area contributed by atoms with Crippen molar-refractivity contribution in [2.45, 2.75) is 23.9 Å². The maximum atomic E-state index is 14.8. The first kappa shape index (κ1) is 25.1. The van der Waals surface area contributed by atoms with Gasteiger partial charge in [0.25, 0.3) is 5.91 Å². The molecular weight excluding hydrogens is 510 g/mol. The minimum absolute atomic E-state index is 0.0374. The van der Waals surface area contributed by atoms with Crippen LogP contribution in [0.15, 0.2) is 52.7 Å². The lowest BCUT2D eigenvalue weighted by atomic mass is 9.83. The van der Waals surface area contributed by atoms with E-state index in [0.717, 1.165) is 11.0 Å². The topological polar surface area (TPSA) is 121 Å². The lowest BCUT2D eigenvalue weighted by molar-refractivity contribution is -0.166. The quantitative estimate of drug-likeness (QED) is 0.612. The maximum Gasteiger partial charge on any atom is 0.442 e. The number of nitrogens with one attached hydrogen (secondary N) is 1. The molecule has 5 rings (SSSR count). The van der Waals surface area contributed by atoms with Crippen LogP contribution in [0.3, 0.4) is 0 Å². The summed E-state index contributed by atoms with van der Waals surface area (Å²) in [6, 6.07) is 10.0. The third-order valence-electron chi connectivity index (χ3n) is 6.92. The van der Waals surface area contributed by atoms with Gasteiger partial charge in [0.15, 0.2) is 5.54 Å². The van der Waals surface area contributed by atoms with Gasteiger partial charge in [-0.3, -0.25) is 14.5 Å². The van der Waals surface area contributed by atoms with E-state index in [1.807, 2.05) is 0 Å². The van der Waals surface area contributed by atoms with Gasteiger partial charge in [-0.05, 0) is 23.8 Å². The fourth-order valence-electron chi connectivity index (χ4n) is 4.79. The van der Waals surface area contributed by atoms with Gasteiger partial charge in [-0.25, -0.2) is 9.18 Å². The number of rotatable bonds is 4. The number of amides is 4. The molecule has 3 aliphatic rings. The highest BCUT2D eigenvalue weighted by molar-refractivity contribution is 6.10. The maximum absolute atomic E-state index is 14.8. The zero-order valence-corrected chi connectivity index (χ0v) is 19.8. The molecule has 0 saturated carbocycles. The van der Waals surface area contributed by atoms with Crippen molar-refractivity contribution in [3.8, 4) is 6.07 Å². The number of anilines is 1. The lowest BCUT2D eigenvalue weighted by Gasteiger charge is -2.57. The van der Waals surface area contributed by atoms with Gasteiger partial charge in [-0.1, -0.05) is 24.3 Å². The summed E-state index contributed by atoms with van der Waals surface area (Å²) in [5, 5.41) is 17.8. The monoisotopic (exact) mass is 529 g/mol. The first-order valence-electron chi connectivity index (χ1n) is 11.3. The summed E-state index contributed by atoms with van der Waals surface area (Å²) in [4.78, 5) is 42.8. The largest absolute Gasteiger partial charge is 0.442 e. The molecule has 3 heterocycles. The second-order valence-electron chi connectivity index (χ2n) is 9.16. The number of urea groups is 1. The second kappa shape index (κ2) is 8.51. The Kier molecular flexibility index (Phi) is 5.62. The predicted molar refractivity (Wildman–Crippen MR) is 122 cm³/mol. The van der Waals surface area contributed by atoms with Crippen LogP contribution in [-0.2, 0) is 21.8 Å². The second-order valence-corrected chi connectivity index (χ2v) is 9.16. The average molecular weight is 529 g/mol. The van der Waals surface area contributed by atoms with Crippen LogP contribution in [0.5, 0.6) is 0 Å². The fraction of sp³-hybridized carbons (Fsp3) is 0.333. The molecule has 2 fully saturated rings. The Morgan fingerprint density at radius 1 is 1.13 bits per heavy atom. The summed E-state index contributed by atoms with van der Waals surface area (Å²) in [7, 11) is 1.41. The van der Waals surface area contributed by atoms with E-state index in [0.29, 0.717) is 5.56 Å². The van der Waals surface area contributed by atoms with E-state index < -0.39 is 47.6 Å². The minimum Gasteiger partial charge on any atom is -0.341 e. The number of nitrogens with zero attached hydrogens (tertiary/aromatic N) is 6. The number of piperazine rings is 1. The average Bonchev–Trinajstić information content (AvgIpc) is 3.68. The molecular formula is C24H19F4N7O3. The molecule has 1 N–H and O–H groups in total. The molecule has 0 aliphatic carbocycles. The van der Waals surface area contributed by atoms with E-state index in [9.17, 15) is 31.9 Å². The van der Waals surface area contributed by atoms with Gasteiger partial charge in [0, 0.05) is 19.2 Å².